The molecule has 0 fully saturated rings. The first-order chi connectivity index (χ1) is 5.90. The second-order valence-electron chi connectivity index (χ2n) is 2.74. The Labute approximate surface area is 71.1 Å². The lowest BCUT2D eigenvalue weighted by atomic mass is 10.3. The maximum atomic E-state index is 5.42. The maximum absolute atomic E-state index is 5.42. The third-order valence-electron chi connectivity index (χ3n) is 1.87. The highest BCUT2D eigenvalue weighted by atomic mass is 16.5. The van der Waals surface area contributed by atoms with Gasteiger partial charge in [0, 0.05) is 12.7 Å². The normalized spacial score (nSPS) is 21.6. The molecular weight excluding hydrogens is 156 g/mol. The van der Waals surface area contributed by atoms with E-state index >= 15 is 0 Å². The Morgan fingerprint density at radius 3 is 3.58 bits per heavy atom. The molecular formula is C8H12N2O2. The second-order valence-corrected chi connectivity index (χ2v) is 2.74. The van der Waals surface area contributed by atoms with Crippen LogP contribution in [0.25, 0.3) is 0 Å². The van der Waals surface area contributed by atoms with Crippen molar-refractivity contribution in [2.45, 2.75) is 19.6 Å². The summed E-state index contributed by atoms with van der Waals surface area (Å²) in [6, 6.07) is 1.86. The average molecular weight is 168 g/mol. The molecule has 1 aromatic rings. The summed E-state index contributed by atoms with van der Waals surface area (Å²) < 4.78 is 12.7. The van der Waals surface area contributed by atoms with E-state index in [4.69, 9.17) is 9.47 Å². The van der Waals surface area contributed by atoms with Crippen LogP contribution in [0.4, 0.5) is 0 Å². The van der Waals surface area contributed by atoms with E-state index in [1.165, 1.54) is 0 Å². The molecule has 0 aromatic carbocycles. The van der Waals surface area contributed by atoms with Crippen LogP contribution in [0.5, 0.6) is 5.88 Å². The first-order valence-electron chi connectivity index (χ1n) is 4.16. The summed E-state index contributed by atoms with van der Waals surface area (Å²) in [7, 11) is 0. The van der Waals surface area contributed by atoms with E-state index in [0.717, 1.165) is 19.0 Å². The zero-order valence-corrected chi connectivity index (χ0v) is 7.06. The molecule has 2 rings (SSSR count). The molecule has 0 spiro atoms. The highest BCUT2D eigenvalue weighted by Gasteiger charge is 2.19. The number of aromatic nitrogens is 2. The molecule has 1 aliphatic heterocycles. The van der Waals surface area contributed by atoms with Gasteiger partial charge >= 0.3 is 0 Å². The highest BCUT2D eigenvalue weighted by Crippen LogP contribution is 2.16. The minimum absolute atomic E-state index is 0.155. The largest absolute Gasteiger partial charge is 0.475 e. The van der Waals surface area contributed by atoms with E-state index < -0.39 is 0 Å². The fourth-order valence-corrected chi connectivity index (χ4v) is 1.34. The monoisotopic (exact) mass is 168 g/mol. The Kier molecular flexibility index (Phi) is 1.99. The van der Waals surface area contributed by atoms with Gasteiger partial charge < -0.3 is 9.47 Å². The van der Waals surface area contributed by atoms with E-state index in [1.807, 2.05) is 17.7 Å². The molecule has 12 heavy (non-hydrogen) atoms. The van der Waals surface area contributed by atoms with Crippen LogP contribution < -0.4 is 4.74 Å². The minimum atomic E-state index is 0.155. The SMILES string of the molecule is CCO[C@H]1COc2ccnn2C1. The molecule has 0 N–H and O–H groups in total. The van der Waals surface area contributed by atoms with Crippen LogP contribution in [-0.4, -0.2) is 29.1 Å². The van der Waals surface area contributed by atoms with Gasteiger partial charge in [0.2, 0.25) is 5.88 Å². The molecule has 1 atom stereocenters. The van der Waals surface area contributed by atoms with Crippen LogP contribution in [-0.2, 0) is 11.3 Å². The summed E-state index contributed by atoms with van der Waals surface area (Å²) in [5.41, 5.74) is 0. The van der Waals surface area contributed by atoms with Gasteiger partial charge in [-0.3, -0.25) is 0 Å². The molecule has 0 amide bonds. The highest BCUT2D eigenvalue weighted by molar-refractivity contribution is 5.09. The molecule has 2 heterocycles. The molecule has 4 nitrogen and oxygen atoms in total. The van der Waals surface area contributed by atoms with E-state index in [0.29, 0.717) is 6.61 Å². The lowest BCUT2D eigenvalue weighted by Crippen LogP contribution is -2.32. The Bertz CT molecular complexity index is 259. The van der Waals surface area contributed by atoms with Gasteiger partial charge in [-0.15, -0.1) is 0 Å². The van der Waals surface area contributed by atoms with Crippen LogP contribution in [0, 0.1) is 0 Å². The molecule has 0 radical (unpaired) electrons. The number of rotatable bonds is 2. The van der Waals surface area contributed by atoms with Crippen LogP contribution >= 0.6 is 0 Å². The smallest absolute Gasteiger partial charge is 0.211 e. The van der Waals surface area contributed by atoms with Crippen LogP contribution in [0.3, 0.4) is 0 Å². The summed E-state index contributed by atoms with van der Waals surface area (Å²) in [6.45, 7) is 4.15. The zero-order valence-electron chi connectivity index (χ0n) is 7.06. The van der Waals surface area contributed by atoms with Gasteiger partial charge in [-0.25, -0.2) is 4.68 Å². The van der Waals surface area contributed by atoms with Crippen molar-refractivity contribution in [3.8, 4) is 5.88 Å². The molecule has 66 valence electrons. The Hall–Kier alpha value is -1.03. The van der Waals surface area contributed by atoms with Gasteiger partial charge in [0.05, 0.1) is 12.7 Å². The van der Waals surface area contributed by atoms with E-state index in [1.54, 1.807) is 6.20 Å². The third-order valence-corrected chi connectivity index (χ3v) is 1.87. The van der Waals surface area contributed by atoms with Gasteiger partial charge in [0.15, 0.2) is 0 Å². The first kappa shape index (κ1) is 7.61. The molecule has 1 aromatic heterocycles. The lowest BCUT2D eigenvalue weighted by Gasteiger charge is -2.23. The van der Waals surface area contributed by atoms with Crippen molar-refractivity contribution >= 4 is 0 Å². The molecule has 1 aliphatic rings. The summed E-state index contributed by atoms with van der Waals surface area (Å²) >= 11 is 0. The summed E-state index contributed by atoms with van der Waals surface area (Å²) in [5, 5.41) is 4.10. The third kappa shape index (κ3) is 1.30. The van der Waals surface area contributed by atoms with E-state index in [2.05, 4.69) is 5.10 Å². The van der Waals surface area contributed by atoms with Gasteiger partial charge in [0.25, 0.3) is 0 Å². The zero-order chi connectivity index (χ0) is 8.39. The van der Waals surface area contributed by atoms with Crippen LogP contribution in [0.15, 0.2) is 12.3 Å². The quantitative estimate of drug-likeness (QED) is 0.651. The predicted octanol–water partition coefficient (Wildman–Crippen LogP) is 0.681. The van der Waals surface area contributed by atoms with E-state index in [-0.39, 0.29) is 6.10 Å². The molecule has 0 unspecified atom stereocenters. The van der Waals surface area contributed by atoms with Gasteiger partial charge in [-0.05, 0) is 6.92 Å². The number of nitrogens with zero attached hydrogens (tertiary/aromatic N) is 2. The van der Waals surface area contributed by atoms with Gasteiger partial charge in [0.1, 0.15) is 12.7 Å². The summed E-state index contributed by atoms with van der Waals surface area (Å²) in [5.74, 6) is 0.839. The molecule has 0 saturated carbocycles. The second kappa shape index (κ2) is 3.15. The molecule has 4 heteroatoms. The van der Waals surface area contributed by atoms with Crippen molar-refractivity contribution in [3.05, 3.63) is 12.3 Å². The van der Waals surface area contributed by atoms with Crippen molar-refractivity contribution in [2.24, 2.45) is 0 Å². The first-order valence-corrected chi connectivity index (χ1v) is 4.16. The van der Waals surface area contributed by atoms with Crippen molar-refractivity contribution < 1.29 is 9.47 Å². The molecule has 0 aliphatic carbocycles. The number of fused-ring (bicyclic) bond motifs is 1. The fraction of sp³-hybridized carbons (Fsp3) is 0.625. The van der Waals surface area contributed by atoms with Gasteiger partial charge in [-0.1, -0.05) is 0 Å². The van der Waals surface area contributed by atoms with Crippen LogP contribution in [0.2, 0.25) is 0 Å². The Balaban J connectivity index is 2.05. The van der Waals surface area contributed by atoms with E-state index in [9.17, 15) is 0 Å². The van der Waals surface area contributed by atoms with Crippen LogP contribution in [0.1, 0.15) is 6.92 Å². The molecule has 0 bridgehead atoms. The predicted molar refractivity (Wildman–Crippen MR) is 43.1 cm³/mol. The fourth-order valence-electron chi connectivity index (χ4n) is 1.34. The number of ether oxygens (including phenoxy) is 2. The Morgan fingerprint density at radius 2 is 2.75 bits per heavy atom. The van der Waals surface area contributed by atoms with Crippen molar-refractivity contribution in [1.82, 2.24) is 9.78 Å². The number of hydrogen-bond donors (Lipinski definition) is 0. The summed E-state index contributed by atoms with van der Waals surface area (Å²) in [6.07, 6.45) is 1.89. The topological polar surface area (TPSA) is 36.3 Å². The summed E-state index contributed by atoms with van der Waals surface area (Å²) in [4.78, 5) is 0. The van der Waals surface area contributed by atoms with Crippen molar-refractivity contribution in [3.63, 3.8) is 0 Å². The molecule has 0 saturated heterocycles. The standard InChI is InChI=1S/C8H12N2O2/c1-2-11-7-5-10-8(12-6-7)3-4-9-10/h3-4,7H,2,5-6H2,1H3/t7-/m1/s1. The van der Waals surface area contributed by atoms with Crippen molar-refractivity contribution in [1.29, 1.82) is 0 Å². The lowest BCUT2D eigenvalue weighted by molar-refractivity contribution is -0.00642. The van der Waals surface area contributed by atoms with Gasteiger partial charge in [-0.2, -0.15) is 5.10 Å². The average Bonchev–Trinajstić information content (AvgIpc) is 2.51. The van der Waals surface area contributed by atoms with Crippen molar-refractivity contribution in [2.75, 3.05) is 13.2 Å². The maximum Gasteiger partial charge on any atom is 0.211 e. The Morgan fingerprint density at radius 1 is 1.83 bits per heavy atom. The number of hydrogen-bond acceptors (Lipinski definition) is 3. The minimum Gasteiger partial charge on any atom is -0.475 e.